The standard InChI is InChI=1S/C9H14N2O/c1-5-6-9(3,4)8-10-7(2)11-12-8/h5H,1,6H2,2-4H3. The van der Waals surface area contributed by atoms with Crippen LogP contribution in [0.3, 0.4) is 0 Å². The van der Waals surface area contributed by atoms with Gasteiger partial charge in [0, 0.05) is 5.41 Å². The number of hydrogen-bond acceptors (Lipinski definition) is 3. The summed E-state index contributed by atoms with van der Waals surface area (Å²) in [4.78, 5) is 4.18. The van der Waals surface area contributed by atoms with E-state index in [9.17, 15) is 0 Å². The normalized spacial score (nSPS) is 11.6. The topological polar surface area (TPSA) is 38.9 Å². The van der Waals surface area contributed by atoms with Crippen LogP contribution in [0.1, 0.15) is 32.0 Å². The molecule has 1 rings (SSSR count). The van der Waals surface area contributed by atoms with Gasteiger partial charge in [0.1, 0.15) is 0 Å². The molecule has 0 aromatic carbocycles. The molecule has 1 aromatic rings. The van der Waals surface area contributed by atoms with Gasteiger partial charge in [0.05, 0.1) is 0 Å². The minimum absolute atomic E-state index is 0.0942. The first kappa shape index (κ1) is 8.97. The molecule has 12 heavy (non-hydrogen) atoms. The maximum atomic E-state index is 5.07. The van der Waals surface area contributed by atoms with Crippen molar-refractivity contribution in [2.24, 2.45) is 0 Å². The van der Waals surface area contributed by atoms with E-state index in [4.69, 9.17) is 4.52 Å². The van der Waals surface area contributed by atoms with Crippen LogP contribution < -0.4 is 0 Å². The molecule has 0 N–H and O–H groups in total. The average molecular weight is 166 g/mol. The zero-order valence-corrected chi connectivity index (χ0v) is 7.79. The monoisotopic (exact) mass is 166 g/mol. The van der Waals surface area contributed by atoms with Gasteiger partial charge in [0.15, 0.2) is 5.82 Å². The highest BCUT2D eigenvalue weighted by atomic mass is 16.5. The third-order valence-electron chi connectivity index (χ3n) is 1.76. The van der Waals surface area contributed by atoms with Gasteiger partial charge >= 0.3 is 0 Å². The van der Waals surface area contributed by atoms with Crippen molar-refractivity contribution >= 4 is 0 Å². The van der Waals surface area contributed by atoms with Crippen molar-refractivity contribution in [1.29, 1.82) is 0 Å². The van der Waals surface area contributed by atoms with Crippen molar-refractivity contribution in [3.8, 4) is 0 Å². The highest BCUT2D eigenvalue weighted by molar-refractivity contribution is 5.02. The Morgan fingerprint density at radius 3 is 2.67 bits per heavy atom. The van der Waals surface area contributed by atoms with Crippen molar-refractivity contribution in [2.75, 3.05) is 0 Å². The second kappa shape index (κ2) is 3.09. The molecule has 0 fully saturated rings. The Hall–Kier alpha value is -1.12. The molecule has 0 bridgehead atoms. The minimum Gasteiger partial charge on any atom is -0.339 e. The molecular weight excluding hydrogens is 152 g/mol. The van der Waals surface area contributed by atoms with Crippen LogP contribution >= 0.6 is 0 Å². The predicted molar refractivity (Wildman–Crippen MR) is 46.9 cm³/mol. The Labute approximate surface area is 72.5 Å². The molecule has 1 aromatic heterocycles. The van der Waals surface area contributed by atoms with Gasteiger partial charge in [-0.1, -0.05) is 25.1 Å². The molecule has 0 atom stereocenters. The first-order valence-corrected chi connectivity index (χ1v) is 3.98. The largest absolute Gasteiger partial charge is 0.339 e. The summed E-state index contributed by atoms with van der Waals surface area (Å²) in [5, 5.41) is 3.74. The van der Waals surface area contributed by atoms with Crippen LogP contribution in [0.2, 0.25) is 0 Å². The second-order valence-electron chi connectivity index (χ2n) is 3.52. The fourth-order valence-corrected chi connectivity index (χ4v) is 1.02. The zero-order chi connectivity index (χ0) is 9.19. The van der Waals surface area contributed by atoms with Gasteiger partial charge in [-0.15, -0.1) is 6.58 Å². The lowest BCUT2D eigenvalue weighted by Crippen LogP contribution is -2.16. The fraction of sp³-hybridized carbons (Fsp3) is 0.556. The molecule has 0 amide bonds. The van der Waals surface area contributed by atoms with Crippen LogP contribution in [0.5, 0.6) is 0 Å². The first-order chi connectivity index (χ1) is 5.56. The van der Waals surface area contributed by atoms with E-state index in [1.165, 1.54) is 0 Å². The van der Waals surface area contributed by atoms with E-state index in [0.717, 1.165) is 6.42 Å². The Morgan fingerprint density at radius 1 is 1.58 bits per heavy atom. The van der Waals surface area contributed by atoms with Crippen molar-refractivity contribution in [1.82, 2.24) is 10.1 Å². The SMILES string of the molecule is C=CCC(C)(C)c1nc(C)no1. The summed E-state index contributed by atoms with van der Waals surface area (Å²) in [5.41, 5.74) is -0.0942. The van der Waals surface area contributed by atoms with E-state index in [2.05, 4.69) is 30.6 Å². The number of hydrogen-bond donors (Lipinski definition) is 0. The molecule has 0 aliphatic carbocycles. The highest BCUT2D eigenvalue weighted by Gasteiger charge is 2.25. The third kappa shape index (κ3) is 1.72. The number of nitrogens with zero attached hydrogens (tertiary/aromatic N) is 2. The molecular formula is C9H14N2O. The van der Waals surface area contributed by atoms with Crippen molar-refractivity contribution in [3.05, 3.63) is 24.4 Å². The van der Waals surface area contributed by atoms with Gasteiger partial charge in [-0.3, -0.25) is 0 Å². The smallest absolute Gasteiger partial charge is 0.232 e. The summed E-state index contributed by atoms with van der Waals surface area (Å²) < 4.78 is 5.07. The lowest BCUT2D eigenvalue weighted by molar-refractivity contribution is 0.307. The molecule has 0 aliphatic rings. The van der Waals surface area contributed by atoms with E-state index < -0.39 is 0 Å². The first-order valence-electron chi connectivity index (χ1n) is 3.98. The van der Waals surface area contributed by atoms with Gasteiger partial charge in [0.25, 0.3) is 0 Å². The average Bonchev–Trinajstić information content (AvgIpc) is 2.36. The van der Waals surface area contributed by atoms with E-state index >= 15 is 0 Å². The summed E-state index contributed by atoms with van der Waals surface area (Å²) in [5.74, 6) is 1.36. The molecule has 3 nitrogen and oxygen atoms in total. The minimum atomic E-state index is -0.0942. The number of rotatable bonds is 3. The highest BCUT2D eigenvalue weighted by Crippen LogP contribution is 2.25. The van der Waals surface area contributed by atoms with Gasteiger partial charge in [0.2, 0.25) is 5.89 Å². The van der Waals surface area contributed by atoms with E-state index in [1.807, 2.05) is 13.0 Å². The summed E-state index contributed by atoms with van der Waals surface area (Å²) in [7, 11) is 0. The maximum absolute atomic E-state index is 5.07. The van der Waals surface area contributed by atoms with Crippen molar-refractivity contribution < 1.29 is 4.52 Å². The summed E-state index contributed by atoms with van der Waals surface area (Å²) >= 11 is 0. The molecule has 0 radical (unpaired) electrons. The molecule has 1 heterocycles. The molecule has 0 aliphatic heterocycles. The Balaban J connectivity index is 2.88. The predicted octanol–water partition coefficient (Wildman–Crippen LogP) is 2.23. The summed E-state index contributed by atoms with van der Waals surface area (Å²) in [6.45, 7) is 9.62. The quantitative estimate of drug-likeness (QED) is 0.646. The molecule has 0 saturated carbocycles. The van der Waals surface area contributed by atoms with E-state index in [1.54, 1.807) is 0 Å². The molecule has 0 saturated heterocycles. The van der Waals surface area contributed by atoms with Crippen LogP contribution in [-0.4, -0.2) is 10.1 Å². The van der Waals surface area contributed by atoms with E-state index in [0.29, 0.717) is 11.7 Å². The van der Waals surface area contributed by atoms with Gasteiger partial charge < -0.3 is 4.52 Å². The zero-order valence-electron chi connectivity index (χ0n) is 7.79. The van der Waals surface area contributed by atoms with Gasteiger partial charge in [-0.05, 0) is 13.3 Å². The molecule has 0 unspecified atom stereocenters. The summed E-state index contributed by atoms with van der Waals surface area (Å²) in [6, 6.07) is 0. The molecule has 3 heteroatoms. The van der Waals surface area contributed by atoms with Crippen LogP contribution in [0.4, 0.5) is 0 Å². The Morgan fingerprint density at radius 2 is 2.25 bits per heavy atom. The van der Waals surface area contributed by atoms with Crippen molar-refractivity contribution in [3.63, 3.8) is 0 Å². The number of aromatic nitrogens is 2. The third-order valence-corrected chi connectivity index (χ3v) is 1.76. The number of allylic oxidation sites excluding steroid dienone is 1. The lowest BCUT2D eigenvalue weighted by atomic mass is 9.89. The maximum Gasteiger partial charge on any atom is 0.232 e. The van der Waals surface area contributed by atoms with Gasteiger partial charge in [-0.25, -0.2) is 0 Å². The van der Waals surface area contributed by atoms with Crippen LogP contribution in [0.25, 0.3) is 0 Å². The molecule has 66 valence electrons. The van der Waals surface area contributed by atoms with Crippen LogP contribution in [0.15, 0.2) is 17.2 Å². The van der Waals surface area contributed by atoms with Crippen LogP contribution in [0, 0.1) is 6.92 Å². The summed E-state index contributed by atoms with van der Waals surface area (Å²) in [6.07, 6.45) is 2.70. The van der Waals surface area contributed by atoms with Crippen LogP contribution in [-0.2, 0) is 5.41 Å². The van der Waals surface area contributed by atoms with Gasteiger partial charge in [-0.2, -0.15) is 4.98 Å². The lowest BCUT2D eigenvalue weighted by Gasteiger charge is -2.16. The Kier molecular flexibility index (Phi) is 2.31. The second-order valence-corrected chi connectivity index (χ2v) is 3.52. The number of aryl methyl sites for hydroxylation is 1. The van der Waals surface area contributed by atoms with E-state index in [-0.39, 0.29) is 5.41 Å². The van der Waals surface area contributed by atoms with Crippen molar-refractivity contribution in [2.45, 2.75) is 32.6 Å². The molecule has 0 spiro atoms. The Bertz CT molecular complexity index is 276. The fourth-order valence-electron chi connectivity index (χ4n) is 1.02.